The molecule has 1 nitrogen and oxygen atoms in total. The van der Waals surface area contributed by atoms with Crippen LogP contribution < -0.4 is 5.30 Å². The summed E-state index contributed by atoms with van der Waals surface area (Å²) in [5.41, 5.74) is 0.742. The van der Waals surface area contributed by atoms with Crippen LogP contribution in [0.1, 0.15) is 5.56 Å². The van der Waals surface area contributed by atoms with E-state index in [1.54, 1.807) is 25.1 Å². The Morgan fingerprint density at radius 3 is 2.40 bits per heavy atom. The highest BCUT2D eigenvalue weighted by Crippen LogP contribution is 2.21. The SMILES string of the molecule is Cc1ccccc1[P+](=O)F. The van der Waals surface area contributed by atoms with Crippen LogP contribution in [0.25, 0.3) is 0 Å². The van der Waals surface area contributed by atoms with Gasteiger partial charge in [0.05, 0.1) is 4.20 Å². The molecule has 1 unspecified atom stereocenters. The summed E-state index contributed by atoms with van der Waals surface area (Å²) in [6.07, 6.45) is 0. The van der Waals surface area contributed by atoms with Crippen LogP contribution >= 0.6 is 8.11 Å². The monoisotopic (exact) mass is 157 g/mol. The summed E-state index contributed by atoms with van der Waals surface area (Å²) in [4.78, 5) is 0. The number of hydrogen-bond donors (Lipinski definition) is 0. The van der Waals surface area contributed by atoms with Gasteiger partial charge in [0.1, 0.15) is 0 Å². The van der Waals surface area contributed by atoms with E-state index in [2.05, 4.69) is 0 Å². The Bertz CT molecular complexity index is 260. The fraction of sp³-hybridized carbons (Fsp3) is 0.143. The maximum atomic E-state index is 12.2. The topological polar surface area (TPSA) is 17.1 Å². The van der Waals surface area contributed by atoms with E-state index in [1.165, 1.54) is 6.07 Å². The molecule has 0 N–H and O–H groups in total. The maximum absolute atomic E-state index is 12.2. The van der Waals surface area contributed by atoms with Crippen LogP contribution in [-0.4, -0.2) is 0 Å². The van der Waals surface area contributed by atoms with Crippen LogP contribution in [0.15, 0.2) is 24.3 Å². The van der Waals surface area contributed by atoms with Crippen molar-refractivity contribution >= 4 is 13.4 Å². The lowest BCUT2D eigenvalue weighted by Crippen LogP contribution is -1.97. The van der Waals surface area contributed by atoms with Gasteiger partial charge in [-0.2, -0.15) is 0 Å². The van der Waals surface area contributed by atoms with Crippen molar-refractivity contribution in [1.82, 2.24) is 0 Å². The quantitative estimate of drug-likeness (QED) is 0.572. The van der Waals surface area contributed by atoms with Gasteiger partial charge >= 0.3 is 8.11 Å². The second-order valence-electron chi connectivity index (χ2n) is 2.03. The van der Waals surface area contributed by atoms with E-state index in [0.29, 0.717) is 5.30 Å². The lowest BCUT2D eigenvalue weighted by molar-refractivity contribution is 0.567. The molecule has 0 saturated carbocycles. The Morgan fingerprint density at radius 2 is 2.00 bits per heavy atom. The summed E-state index contributed by atoms with van der Waals surface area (Å²) >= 11 is 0. The minimum atomic E-state index is -2.67. The standard InChI is InChI=1S/C7H7FOP/c1-6-4-2-3-5-7(6)10(8)9/h2-5H,1H3/q+1. The summed E-state index contributed by atoms with van der Waals surface area (Å²) < 4.78 is 22.6. The first-order chi connectivity index (χ1) is 4.72. The number of halogens is 1. The minimum absolute atomic E-state index is 0.303. The molecule has 1 atom stereocenters. The Morgan fingerprint density at radius 1 is 1.40 bits per heavy atom. The van der Waals surface area contributed by atoms with E-state index in [4.69, 9.17) is 0 Å². The van der Waals surface area contributed by atoms with Crippen molar-refractivity contribution in [1.29, 1.82) is 0 Å². The molecule has 1 aromatic rings. The summed E-state index contributed by atoms with van der Waals surface area (Å²) in [5.74, 6) is 0. The van der Waals surface area contributed by atoms with E-state index in [9.17, 15) is 8.76 Å². The van der Waals surface area contributed by atoms with Crippen LogP contribution in [0.4, 0.5) is 4.20 Å². The first-order valence-corrected chi connectivity index (χ1v) is 4.05. The van der Waals surface area contributed by atoms with Gasteiger partial charge in [-0.25, -0.2) is 0 Å². The molecule has 0 aliphatic rings. The van der Waals surface area contributed by atoms with Gasteiger partial charge in [-0.05, 0) is 17.6 Å². The van der Waals surface area contributed by atoms with Gasteiger partial charge in [-0.15, -0.1) is 0 Å². The second-order valence-corrected chi connectivity index (χ2v) is 3.00. The molecule has 0 fully saturated rings. The van der Waals surface area contributed by atoms with Gasteiger partial charge in [0.2, 0.25) is 5.30 Å². The lowest BCUT2D eigenvalue weighted by Gasteiger charge is -1.86. The van der Waals surface area contributed by atoms with Gasteiger partial charge in [0.15, 0.2) is 0 Å². The van der Waals surface area contributed by atoms with E-state index in [0.717, 1.165) is 5.56 Å². The Balaban J connectivity index is 3.15. The molecule has 3 heteroatoms. The zero-order valence-electron chi connectivity index (χ0n) is 5.54. The molecule has 1 aromatic carbocycles. The normalized spacial score (nSPS) is 11.2. The Labute approximate surface area is 59.8 Å². The maximum Gasteiger partial charge on any atom is 0.597 e. The van der Waals surface area contributed by atoms with Crippen molar-refractivity contribution in [2.75, 3.05) is 0 Å². The number of aryl methyl sites for hydroxylation is 1. The molecule has 0 saturated heterocycles. The predicted octanol–water partition coefficient (Wildman–Crippen LogP) is 2.33. The largest absolute Gasteiger partial charge is 0.597 e. The van der Waals surface area contributed by atoms with Crippen molar-refractivity contribution in [3.63, 3.8) is 0 Å². The zero-order chi connectivity index (χ0) is 7.56. The fourth-order valence-electron chi connectivity index (χ4n) is 0.761. The van der Waals surface area contributed by atoms with Gasteiger partial charge in [0.25, 0.3) is 0 Å². The average Bonchev–Trinajstić information content (AvgIpc) is 1.88. The third kappa shape index (κ3) is 1.39. The molecule has 0 amide bonds. The highest BCUT2D eigenvalue weighted by molar-refractivity contribution is 7.48. The van der Waals surface area contributed by atoms with Crippen LogP contribution in [-0.2, 0) is 4.57 Å². The van der Waals surface area contributed by atoms with E-state index < -0.39 is 8.11 Å². The van der Waals surface area contributed by atoms with Crippen molar-refractivity contribution < 1.29 is 8.76 Å². The van der Waals surface area contributed by atoms with Gasteiger partial charge in [0, 0.05) is 5.56 Å². The molecule has 52 valence electrons. The number of benzene rings is 1. The number of rotatable bonds is 1. The smallest absolute Gasteiger partial charge is 0.0617 e. The molecule has 0 bridgehead atoms. The molecule has 0 aromatic heterocycles. The van der Waals surface area contributed by atoms with Crippen molar-refractivity contribution in [2.45, 2.75) is 6.92 Å². The lowest BCUT2D eigenvalue weighted by atomic mass is 10.2. The van der Waals surface area contributed by atoms with E-state index >= 15 is 0 Å². The van der Waals surface area contributed by atoms with Crippen molar-refractivity contribution in [2.24, 2.45) is 0 Å². The molecular formula is C7H7FOP+. The van der Waals surface area contributed by atoms with Crippen LogP contribution in [0.2, 0.25) is 0 Å². The third-order valence-electron chi connectivity index (χ3n) is 1.30. The minimum Gasteiger partial charge on any atom is -0.0617 e. The van der Waals surface area contributed by atoms with Gasteiger partial charge in [-0.3, -0.25) is 0 Å². The molecule has 0 radical (unpaired) electrons. The average molecular weight is 157 g/mol. The van der Waals surface area contributed by atoms with Gasteiger partial charge in [-0.1, -0.05) is 18.2 Å². The first-order valence-electron chi connectivity index (χ1n) is 2.90. The molecule has 1 rings (SSSR count). The second kappa shape index (κ2) is 2.89. The highest BCUT2D eigenvalue weighted by atomic mass is 31.1. The summed E-state index contributed by atoms with van der Waals surface area (Å²) in [6.45, 7) is 1.74. The van der Waals surface area contributed by atoms with E-state index in [1.807, 2.05) is 0 Å². The summed E-state index contributed by atoms with van der Waals surface area (Å²) in [7, 11) is -2.67. The van der Waals surface area contributed by atoms with Crippen molar-refractivity contribution in [3.8, 4) is 0 Å². The van der Waals surface area contributed by atoms with Crippen LogP contribution in [0, 0.1) is 6.92 Å². The molecule has 0 aliphatic heterocycles. The van der Waals surface area contributed by atoms with Crippen LogP contribution in [0.3, 0.4) is 0 Å². The third-order valence-corrected chi connectivity index (χ3v) is 2.19. The summed E-state index contributed by atoms with van der Waals surface area (Å²) in [5, 5.41) is 0.303. The Kier molecular flexibility index (Phi) is 2.13. The van der Waals surface area contributed by atoms with Crippen molar-refractivity contribution in [3.05, 3.63) is 29.8 Å². The highest BCUT2D eigenvalue weighted by Gasteiger charge is 2.20. The number of hydrogen-bond acceptors (Lipinski definition) is 1. The molecule has 0 aliphatic carbocycles. The molecule has 0 heterocycles. The molecule has 0 spiro atoms. The first kappa shape index (κ1) is 7.36. The Hall–Kier alpha value is -0.750. The molecular weight excluding hydrogens is 150 g/mol. The predicted molar refractivity (Wildman–Crippen MR) is 39.5 cm³/mol. The fourth-order valence-corrected chi connectivity index (χ4v) is 1.32. The van der Waals surface area contributed by atoms with Gasteiger partial charge < -0.3 is 0 Å². The zero-order valence-corrected chi connectivity index (χ0v) is 6.44. The van der Waals surface area contributed by atoms with E-state index in [-0.39, 0.29) is 0 Å². The molecule has 10 heavy (non-hydrogen) atoms. The summed E-state index contributed by atoms with van der Waals surface area (Å²) in [6, 6.07) is 6.74. The van der Waals surface area contributed by atoms with Crippen LogP contribution in [0.5, 0.6) is 0 Å².